The van der Waals surface area contributed by atoms with Crippen molar-refractivity contribution in [3.8, 4) is 11.5 Å². The van der Waals surface area contributed by atoms with Gasteiger partial charge < -0.3 is 30.1 Å². The quantitative estimate of drug-likeness (QED) is 0.615. The van der Waals surface area contributed by atoms with E-state index in [1.54, 1.807) is 12.0 Å². The number of nitrogens with zero attached hydrogens (tertiary/aromatic N) is 3. The molecule has 28 heavy (non-hydrogen) atoms. The summed E-state index contributed by atoms with van der Waals surface area (Å²) in [5.41, 5.74) is 6.44. The molecule has 2 amide bonds. The monoisotopic (exact) mass is 394 g/mol. The number of hydrogen-bond donors (Lipinski definition) is 2. The number of aliphatic hydroxyl groups is 1. The lowest BCUT2D eigenvalue weighted by Gasteiger charge is -2.33. The molecule has 2 rings (SSSR count). The second-order valence-corrected chi connectivity index (χ2v) is 7.04. The van der Waals surface area contributed by atoms with Crippen LogP contribution in [0.4, 0.5) is 4.79 Å². The van der Waals surface area contributed by atoms with Crippen molar-refractivity contribution < 1.29 is 19.4 Å². The molecule has 0 spiro atoms. The third-order valence-electron chi connectivity index (χ3n) is 5.11. The van der Waals surface area contributed by atoms with Gasteiger partial charge in [0, 0.05) is 39.3 Å². The highest BCUT2D eigenvalue weighted by molar-refractivity contribution is 5.72. The Morgan fingerprint density at radius 3 is 2.46 bits per heavy atom. The van der Waals surface area contributed by atoms with Crippen LogP contribution in [0.15, 0.2) is 18.2 Å². The van der Waals surface area contributed by atoms with Crippen LogP contribution < -0.4 is 15.2 Å². The molecule has 1 aromatic carbocycles. The maximum atomic E-state index is 11.2. The van der Waals surface area contributed by atoms with Gasteiger partial charge in [-0.2, -0.15) is 0 Å². The fourth-order valence-electron chi connectivity index (χ4n) is 3.33. The van der Waals surface area contributed by atoms with Crippen LogP contribution in [0, 0.1) is 0 Å². The standard InChI is InChI=1S/C20H34N4O4/c1-4-22(5-2)14-17(25)15-28-18-7-6-16(12-19(18)27-3)13-23-8-10-24(11-9-23)20(21)26/h6-7,12,17,25H,4-5,8-11,13-15H2,1-3H3,(H2,21,26)/t17-/m1/s1. The van der Waals surface area contributed by atoms with E-state index >= 15 is 0 Å². The van der Waals surface area contributed by atoms with Gasteiger partial charge in [-0.15, -0.1) is 0 Å². The molecular formula is C20H34N4O4. The van der Waals surface area contributed by atoms with Crippen LogP contribution in [0.25, 0.3) is 0 Å². The summed E-state index contributed by atoms with van der Waals surface area (Å²) in [6, 6.07) is 5.51. The van der Waals surface area contributed by atoms with Crippen LogP contribution in [0.2, 0.25) is 0 Å². The third-order valence-corrected chi connectivity index (χ3v) is 5.11. The van der Waals surface area contributed by atoms with Crippen LogP contribution in [0.3, 0.4) is 0 Å². The largest absolute Gasteiger partial charge is 0.493 e. The summed E-state index contributed by atoms with van der Waals surface area (Å²) < 4.78 is 11.3. The second kappa shape index (κ2) is 11.1. The molecule has 1 heterocycles. The van der Waals surface area contributed by atoms with Crippen molar-refractivity contribution in [2.24, 2.45) is 5.73 Å². The summed E-state index contributed by atoms with van der Waals surface area (Å²) in [4.78, 5) is 17.3. The summed E-state index contributed by atoms with van der Waals surface area (Å²) in [5, 5.41) is 10.2. The number of hydrogen-bond acceptors (Lipinski definition) is 6. The minimum Gasteiger partial charge on any atom is -0.493 e. The predicted molar refractivity (Wildman–Crippen MR) is 109 cm³/mol. The molecule has 3 N–H and O–H groups in total. The Morgan fingerprint density at radius 2 is 1.89 bits per heavy atom. The Kier molecular flexibility index (Phi) is 8.82. The number of nitrogens with two attached hydrogens (primary N) is 1. The van der Waals surface area contributed by atoms with Gasteiger partial charge in [0.1, 0.15) is 12.7 Å². The van der Waals surface area contributed by atoms with E-state index in [4.69, 9.17) is 15.2 Å². The first-order valence-electron chi connectivity index (χ1n) is 9.93. The fourth-order valence-corrected chi connectivity index (χ4v) is 3.33. The molecule has 0 saturated carbocycles. The molecule has 0 bridgehead atoms. The first-order chi connectivity index (χ1) is 13.5. The zero-order chi connectivity index (χ0) is 20.5. The van der Waals surface area contributed by atoms with Crippen molar-refractivity contribution in [3.63, 3.8) is 0 Å². The normalized spacial score (nSPS) is 16.2. The topological polar surface area (TPSA) is 91.5 Å². The first-order valence-corrected chi connectivity index (χ1v) is 9.93. The summed E-state index contributed by atoms with van der Waals surface area (Å²) in [6.07, 6.45) is -0.550. The van der Waals surface area contributed by atoms with E-state index in [1.807, 2.05) is 18.2 Å². The summed E-state index contributed by atoms with van der Waals surface area (Å²) >= 11 is 0. The van der Waals surface area contributed by atoms with Gasteiger partial charge in [-0.05, 0) is 30.8 Å². The van der Waals surface area contributed by atoms with Crippen LogP contribution in [-0.2, 0) is 6.54 Å². The Balaban J connectivity index is 1.88. The van der Waals surface area contributed by atoms with Crippen LogP contribution in [0.1, 0.15) is 19.4 Å². The molecule has 158 valence electrons. The number of ether oxygens (including phenoxy) is 2. The molecule has 0 aromatic heterocycles. The van der Waals surface area contributed by atoms with E-state index in [0.717, 1.165) is 38.3 Å². The highest BCUT2D eigenvalue weighted by Gasteiger charge is 2.19. The smallest absolute Gasteiger partial charge is 0.314 e. The lowest BCUT2D eigenvalue weighted by Crippen LogP contribution is -2.50. The number of carbonyl (C=O) groups is 1. The molecule has 1 aliphatic rings. The number of carbonyl (C=O) groups excluding carboxylic acids is 1. The Morgan fingerprint density at radius 1 is 1.21 bits per heavy atom. The molecule has 0 radical (unpaired) electrons. The van der Waals surface area contributed by atoms with Gasteiger partial charge in [-0.1, -0.05) is 19.9 Å². The maximum Gasteiger partial charge on any atom is 0.314 e. The molecule has 1 aromatic rings. The number of amides is 2. The van der Waals surface area contributed by atoms with E-state index in [-0.39, 0.29) is 12.6 Å². The zero-order valence-corrected chi connectivity index (χ0v) is 17.3. The van der Waals surface area contributed by atoms with Crippen LogP contribution in [0.5, 0.6) is 11.5 Å². The maximum absolute atomic E-state index is 11.2. The molecule has 8 nitrogen and oxygen atoms in total. The number of aliphatic hydroxyl groups excluding tert-OH is 1. The van der Waals surface area contributed by atoms with E-state index < -0.39 is 6.10 Å². The van der Waals surface area contributed by atoms with Gasteiger partial charge in [0.15, 0.2) is 11.5 Å². The van der Waals surface area contributed by atoms with Gasteiger partial charge >= 0.3 is 6.03 Å². The highest BCUT2D eigenvalue weighted by atomic mass is 16.5. The molecule has 0 aliphatic carbocycles. The van der Waals surface area contributed by atoms with E-state index in [1.165, 1.54) is 0 Å². The number of piperazine rings is 1. The van der Waals surface area contributed by atoms with E-state index in [2.05, 4.69) is 23.6 Å². The van der Waals surface area contributed by atoms with Crippen molar-refractivity contribution >= 4 is 6.03 Å². The predicted octanol–water partition coefficient (Wildman–Crippen LogP) is 0.973. The van der Waals surface area contributed by atoms with Gasteiger partial charge in [0.25, 0.3) is 0 Å². The molecule has 0 unspecified atom stereocenters. The van der Waals surface area contributed by atoms with Gasteiger partial charge in [0.05, 0.1) is 7.11 Å². The molecule has 1 fully saturated rings. The lowest BCUT2D eigenvalue weighted by atomic mass is 10.1. The van der Waals surface area contributed by atoms with E-state index in [0.29, 0.717) is 31.1 Å². The average molecular weight is 395 g/mol. The third kappa shape index (κ3) is 6.54. The Bertz CT molecular complexity index is 616. The second-order valence-electron chi connectivity index (χ2n) is 7.04. The molecule has 1 atom stereocenters. The van der Waals surface area contributed by atoms with Gasteiger partial charge in [-0.3, -0.25) is 4.90 Å². The van der Waals surface area contributed by atoms with Crippen molar-refractivity contribution in [1.82, 2.24) is 14.7 Å². The fraction of sp³-hybridized carbons (Fsp3) is 0.650. The minimum atomic E-state index is -0.550. The Labute approximate surface area is 167 Å². The van der Waals surface area contributed by atoms with Crippen LogP contribution in [-0.4, -0.2) is 91.5 Å². The van der Waals surface area contributed by atoms with Crippen molar-refractivity contribution in [3.05, 3.63) is 23.8 Å². The molecule has 1 aliphatic heterocycles. The SMILES string of the molecule is CCN(CC)C[C@@H](O)COc1ccc(CN2CCN(C(N)=O)CC2)cc1OC. The number of methoxy groups -OCH3 is 1. The summed E-state index contributed by atoms with van der Waals surface area (Å²) in [6.45, 7) is 10.4. The summed E-state index contributed by atoms with van der Waals surface area (Å²) in [7, 11) is 1.62. The van der Waals surface area contributed by atoms with E-state index in [9.17, 15) is 9.90 Å². The number of urea groups is 1. The molecule has 8 heteroatoms. The molecular weight excluding hydrogens is 360 g/mol. The minimum absolute atomic E-state index is 0.223. The lowest BCUT2D eigenvalue weighted by molar-refractivity contribution is 0.0705. The first kappa shape index (κ1) is 22.3. The zero-order valence-electron chi connectivity index (χ0n) is 17.3. The number of rotatable bonds is 10. The van der Waals surface area contributed by atoms with Crippen molar-refractivity contribution in [2.75, 3.05) is 59.5 Å². The van der Waals surface area contributed by atoms with Crippen molar-refractivity contribution in [2.45, 2.75) is 26.5 Å². The highest BCUT2D eigenvalue weighted by Crippen LogP contribution is 2.29. The van der Waals surface area contributed by atoms with Crippen LogP contribution >= 0.6 is 0 Å². The Hall–Kier alpha value is -2.03. The average Bonchev–Trinajstić information content (AvgIpc) is 2.71. The van der Waals surface area contributed by atoms with Crippen molar-refractivity contribution in [1.29, 1.82) is 0 Å². The van der Waals surface area contributed by atoms with Gasteiger partial charge in [0.2, 0.25) is 0 Å². The molecule has 1 saturated heterocycles. The number of benzene rings is 1. The number of primary amides is 1. The summed E-state index contributed by atoms with van der Waals surface area (Å²) in [5.74, 6) is 1.28. The number of likely N-dealkylation sites (N-methyl/N-ethyl adjacent to an activating group) is 1. The van der Waals surface area contributed by atoms with Gasteiger partial charge in [-0.25, -0.2) is 4.79 Å².